The lowest BCUT2D eigenvalue weighted by Crippen LogP contribution is -2.47. The summed E-state index contributed by atoms with van der Waals surface area (Å²) in [6.45, 7) is 12.4. The van der Waals surface area contributed by atoms with Gasteiger partial charge in [-0.25, -0.2) is 0 Å². The maximum atomic E-state index is 12.6. The Hall–Kier alpha value is -0.550. The van der Waals surface area contributed by atoms with Gasteiger partial charge in [-0.05, 0) is 46.6 Å². The third-order valence-electron chi connectivity index (χ3n) is 3.96. The van der Waals surface area contributed by atoms with Crippen LogP contribution in [0, 0.1) is 5.92 Å². The monoisotopic (exact) mass is 292 g/mol. The summed E-state index contributed by atoms with van der Waals surface area (Å²) in [4.78, 5) is 2.13. The average Bonchev–Trinajstić information content (AvgIpc) is 2.33. The number of nitrogens with one attached hydrogen (secondary N) is 1. The van der Waals surface area contributed by atoms with Crippen molar-refractivity contribution in [2.24, 2.45) is 5.92 Å². The highest BCUT2D eigenvalue weighted by Crippen LogP contribution is 2.31. The van der Waals surface area contributed by atoms with Crippen molar-refractivity contribution < 1.29 is 13.2 Å². The van der Waals surface area contributed by atoms with Crippen LogP contribution in [0.25, 0.3) is 0 Å². The minimum atomic E-state index is -4.16. The molecule has 0 aromatic carbocycles. The second-order valence-corrected chi connectivity index (χ2v) is 6.82. The fourth-order valence-electron chi connectivity index (χ4n) is 2.31. The molecule has 0 bridgehead atoms. The van der Waals surface area contributed by atoms with E-state index in [1.807, 2.05) is 0 Å². The zero-order valence-electron chi connectivity index (χ0n) is 13.1. The molecule has 1 aliphatic rings. The summed E-state index contributed by atoms with van der Waals surface area (Å²) in [5, 5.41) is 3.45. The molecular formula is C15H27F3N2. The second kappa shape index (κ2) is 6.48. The zero-order valence-corrected chi connectivity index (χ0v) is 13.1. The van der Waals surface area contributed by atoms with Crippen LogP contribution in [0.5, 0.6) is 0 Å². The van der Waals surface area contributed by atoms with Gasteiger partial charge in [0.15, 0.2) is 0 Å². The molecule has 0 aromatic rings. The Bertz CT molecular complexity index is 342. The van der Waals surface area contributed by atoms with E-state index in [-0.39, 0.29) is 23.6 Å². The summed E-state index contributed by atoms with van der Waals surface area (Å²) in [6, 6.07) is 0.274. The van der Waals surface area contributed by atoms with Gasteiger partial charge in [-0.3, -0.25) is 4.90 Å². The second-order valence-electron chi connectivity index (χ2n) is 6.82. The quantitative estimate of drug-likeness (QED) is 0.797. The van der Waals surface area contributed by atoms with Crippen LogP contribution >= 0.6 is 0 Å². The van der Waals surface area contributed by atoms with Crippen LogP contribution in [0.15, 0.2) is 11.6 Å². The summed E-state index contributed by atoms with van der Waals surface area (Å²) in [5.74, 6) is 0.398. The molecule has 1 aliphatic heterocycles. The van der Waals surface area contributed by atoms with Gasteiger partial charge in [0, 0.05) is 30.2 Å². The maximum absolute atomic E-state index is 12.6. The smallest absolute Gasteiger partial charge is 0.312 e. The van der Waals surface area contributed by atoms with E-state index in [0.717, 1.165) is 6.54 Å². The highest BCUT2D eigenvalue weighted by molar-refractivity contribution is 5.13. The zero-order chi connectivity index (χ0) is 15.6. The van der Waals surface area contributed by atoms with Crippen LogP contribution in [0.4, 0.5) is 13.2 Å². The molecule has 0 saturated carbocycles. The Morgan fingerprint density at radius 3 is 2.25 bits per heavy atom. The van der Waals surface area contributed by atoms with Crippen LogP contribution in [-0.2, 0) is 0 Å². The van der Waals surface area contributed by atoms with Gasteiger partial charge in [-0.2, -0.15) is 13.2 Å². The molecule has 0 fully saturated rings. The minimum absolute atomic E-state index is 0.0687. The molecule has 0 amide bonds. The Labute approximate surface area is 120 Å². The fourth-order valence-corrected chi connectivity index (χ4v) is 2.31. The highest BCUT2D eigenvalue weighted by atomic mass is 19.4. The lowest BCUT2D eigenvalue weighted by molar-refractivity contribution is -0.0965. The Kier molecular flexibility index (Phi) is 5.67. The van der Waals surface area contributed by atoms with E-state index in [0.29, 0.717) is 19.0 Å². The highest BCUT2D eigenvalue weighted by Gasteiger charge is 2.35. The fraction of sp³-hybridized carbons (Fsp3) is 0.867. The van der Waals surface area contributed by atoms with Gasteiger partial charge in [0.2, 0.25) is 0 Å². The molecule has 2 atom stereocenters. The molecular weight excluding hydrogens is 265 g/mol. The molecule has 2 unspecified atom stereocenters. The van der Waals surface area contributed by atoms with Gasteiger partial charge in [-0.15, -0.1) is 0 Å². The lowest BCUT2D eigenvalue weighted by Gasteiger charge is -2.36. The first-order valence-corrected chi connectivity index (χ1v) is 7.26. The van der Waals surface area contributed by atoms with Crippen LogP contribution in [0.2, 0.25) is 0 Å². The molecule has 1 N–H and O–H groups in total. The first-order valence-electron chi connectivity index (χ1n) is 7.26. The molecule has 118 valence electrons. The van der Waals surface area contributed by atoms with Gasteiger partial charge in [0.05, 0.1) is 0 Å². The van der Waals surface area contributed by atoms with Crippen molar-refractivity contribution in [3.63, 3.8) is 0 Å². The standard InChI is InChI=1S/C15H27F3N2/c1-11(10-19-14(3,4)5)12(2)20-8-6-13(7-9-20)15(16,17)18/h6,11-12,19H,7-10H2,1-5H3. The summed E-state index contributed by atoms with van der Waals surface area (Å²) >= 11 is 0. The molecule has 0 spiro atoms. The lowest BCUT2D eigenvalue weighted by atomic mass is 9.97. The van der Waals surface area contributed by atoms with Gasteiger partial charge in [0.25, 0.3) is 0 Å². The van der Waals surface area contributed by atoms with E-state index < -0.39 is 6.18 Å². The number of nitrogens with zero attached hydrogens (tertiary/aromatic N) is 1. The van der Waals surface area contributed by atoms with Crippen molar-refractivity contribution >= 4 is 0 Å². The van der Waals surface area contributed by atoms with Crippen LogP contribution in [0.1, 0.15) is 41.0 Å². The summed E-state index contributed by atoms with van der Waals surface area (Å²) in [6.07, 6.45) is -2.72. The molecule has 0 aromatic heterocycles. The summed E-state index contributed by atoms with van der Waals surface area (Å²) in [5.41, 5.74) is -0.305. The van der Waals surface area contributed by atoms with Crippen LogP contribution < -0.4 is 5.32 Å². The number of rotatable bonds is 4. The summed E-state index contributed by atoms with van der Waals surface area (Å²) < 4.78 is 37.7. The van der Waals surface area contributed by atoms with E-state index in [4.69, 9.17) is 0 Å². The van der Waals surface area contributed by atoms with Crippen molar-refractivity contribution in [2.45, 2.75) is 58.8 Å². The molecule has 20 heavy (non-hydrogen) atoms. The first kappa shape index (κ1) is 17.5. The maximum Gasteiger partial charge on any atom is 0.412 e. The van der Waals surface area contributed by atoms with E-state index in [2.05, 4.69) is 44.8 Å². The van der Waals surface area contributed by atoms with Crippen molar-refractivity contribution in [1.82, 2.24) is 10.2 Å². The van der Waals surface area contributed by atoms with Crippen LogP contribution in [-0.4, -0.2) is 42.3 Å². The first-order chi connectivity index (χ1) is 9.00. The Morgan fingerprint density at radius 2 is 1.85 bits per heavy atom. The van der Waals surface area contributed by atoms with E-state index in [1.165, 1.54) is 6.08 Å². The van der Waals surface area contributed by atoms with Crippen molar-refractivity contribution in [1.29, 1.82) is 0 Å². The van der Waals surface area contributed by atoms with Crippen molar-refractivity contribution in [3.05, 3.63) is 11.6 Å². The molecule has 0 radical (unpaired) electrons. The van der Waals surface area contributed by atoms with Gasteiger partial charge in [0.1, 0.15) is 0 Å². The normalized spacial score (nSPS) is 21.5. The van der Waals surface area contributed by atoms with E-state index in [9.17, 15) is 13.2 Å². The van der Waals surface area contributed by atoms with E-state index >= 15 is 0 Å². The molecule has 1 heterocycles. The molecule has 0 saturated heterocycles. The molecule has 5 heteroatoms. The third-order valence-corrected chi connectivity index (χ3v) is 3.96. The predicted octanol–water partition coefficient (Wildman–Crippen LogP) is 3.59. The molecule has 0 aliphatic carbocycles. The van der Waals surface area contributed by atoms with Crippen molar-refractivity contribution in [2.75, 3.05) is 19.6 Å². The number of halogens is 3. The number of hydrogen-bond acceptors (Lipinski definition) is 2. The number of hydrogen-bond donors (Lipinski definition) is 1. The molecule has 2 nitrogen and oxygen atoms in total. The largest absolute Gasteiger partial charge is 0.412 e. The predicted molar refractivity (Wildman–Crippen MR) is 76.7 cm³/mol. The Balaban J connectivity index is 2.50. The third kappa shape index (κ3) is 5.44. The van der Waals surface area contributed by atoms with Crippen LogP contribution in [0.3, 0.4) is 0 Å². The Morgan fingerprint density at radius 1 is 1.25 bits per heavy atom. The van der Waals surface area contributed by atoms with E-state index in [1.54, 1.807) is 0 Å². The van der Waals surface area contributed by atoms with Gasteiger partial charge < -0.3 is 5.32 Å². The van der Waals surface area contributed by atoms with Gasteiger partial charge >= 0.3 is 6.18 Å². The average molecular weight is 292 g/mol. The number of alkyl halides is 3. The van der Waals surface area contributed by atoms with Gasteiger partial charge in [-0.1, -0.05) is 13.0 Å². The minimum Gasteiger partial charge on any atom is -0.312 e. The SMILES string of the molecule is CC(CNC(C)(C)C)C(C)N1CC=C(C(F)(F)F)CC1. The summed E-state index contributed by atoms with van der Waals surface area (Å²) in [7, 11) is 0. The topological polar surface area (TPSA) is 15.3 Å². The van der Waals surface area contributed by atoms with Crippen molar-refractivity contribution in [3.8, 4) is 0 Å². The molecule has 1 rings (SSSR count).